The summed E-state index contributed by atoms with van der Waals surface area (Å²) >= 11 is 0. The van der Waals surface area contributed by atoms with E-state index in [0.717, 1.165) is 5.56 Å². The molecule has 1 aliphatic rings. The Bertz CT molecular complexity index is 551. The molecule has 0 radical (unpaired) electrons. The Morgan fingerprint density at radius 2 is 1.81 bits per heavy atom. The number of hydrogen-bond acceptors (Lipinski definition) is 4. The average molecular weight is 292 g/mol. The number of aromatic hydroxyl groups is 1. The standard InChI is InChI=1S/C15H20N2O4/c1-10-3-4-12(13(18)9-10)14(19)17-7-5-16(6-8-17)11(2)15(20)21/h3-4,9,11,18H,5-8H2,1-2H3,(H,20,21). The number of rotatable bonds is 3. The van der Waals surface area contributed by atoms with Crippen molar-refractivity contribution in [1.82, 2.24) is 9.80 Å². The summed E-state index contributed by atoms with van der Waals surface area (Å²) in [4.78, 5) is 26.8. The maximum Gasteiger partial charge on any atom is 0.320 e. The minimum Gasteiger partial charge on any atom is -0.507 e. The van der Waals surface area contributed by atoms with Crippen molar-refractivity contribution >= 4 is 11.9 Å². The predicted molar refractivity (Wildman–Crippen MR) is 77.4 cm³/mol. The molecule has 21 heavy (non-hydrogen) atoms. The maximum absolute atomic E-state index is 12.4. The Labute approximate surface area is 123 Å². The summed E-state index contributed by atoms with van der Waals surface area (Å²) in [7, 11) is 0. The third-order valence-electron chi connectivity index (χ3n) is 3.89. The van der Waals surface area contributed by atoms with Crippen molar-refractivity contribution in [3.63, 3.8) is 0 Å². The van der Waals surface area contributed by atoms with Crippen molar-refractivity contribution in [2.24, 2.45) is 0 Å². The number of hydrogen-bond donors (Lipinski definition) is 2. The summed E-state index contributed by atoms with van der Waals surface area (Å²) in [6.07, 6.45) is 0. The second kappa shape index (κ2) is 6.13. The van der Waals surface area contributed by atoms with E-state index in [0.29, 0.717) is 31.7 Å². The second-order valence-electron chi connectivity index (χ2n) is 5.36. The summed E-state index contributed by atoms with van der Waals surface area (Å²) in [5.41, 5.74) is 1.18. The molecule has 1 unspecified atom stereocenters. The van der Waals surface area contributed by atoms with E-state index in [9.17, 15) is 14.7 Å². The van der Waals surface area contributed by atoms with Crippen LogP contribution in [-0.2, 0) is 4.79 Å². The van der Waals surface area contributed by atoms with Crippen molar-refractivity contribution in [2.75, 3.05) is 26.2 Å². The number of phenols is 1. The van der Waals surface area contributed by atoms with Crippen LogP contribution in [0, 0.1) is 6.92 Å². The van der Waals surface area contributed by atoms with Gasteiger partial charge in [0.15, 0.2) is 0 Å². The lowest BCUT2D eigenvalue weighted by atomic mass is 10.1. The number of carboxylic acid groups (broad SMARTS) is 1. The first kappa shape index (κ1) is 15.3. The lowest BCUT2D eigenvalue weighted by Crippen LogP contribution is -2.53. The Hall–Kier alpha value is -2.08. The third-order valence-corrected chi connectivity index (χ3v) is 3.89. The summed E-state index contributed by atoms with van der Waals surface area (Å²) < 4.78 is 0. The van der Waals surface area contributed by atoms with Gasteiger partial charge in [0.05, 0.1) is 5.56 Å². The van der Waals surface area contributed by atoms with Crippen LogP contribution in [0.1, 0.15) is 22.8 Å². The molecule has 0 aromatic heterocycles. The number of carboxylic acids is 1. The Morgan fingerprint density at radius 3 is 2.33 bits per heavy atom. The van der Waals surface area contributed by atoms with Crippen LogP contribution in [0.2, 0.25) is 0 Å². The lowest BCUT2D eigenvalue weighted by molar-refractivity contribution is -0.143. The van der Waals surface area contributed by atoms with E-state index in [1.54, 1.807) is 30.0 Å². The molecular formula is C15H20N2O4. The van der Waals surface area contributed by atoms with E-state index in [2.05, 4.69) is 0 Å². The molecule has 0 spiro atoms. The molecule has 0 bridgehead atoms. The molecular weight excluding hydrogens is 272 g/mol. The molecule has 2 rings (SSSR count). The van der Waals surface area contributed by atoms with Crippen molar-refractivity contribution in [3.05, 3.63) is 29.3 Å². The van der Waals surface area contributed by atoms with Gasteiger partial charge in [-0.05, 0) is 31.5 Å². The Morgan fingerprint density at radius 1 is 1.19 bits per heavy atom. The minimum absolute atomic E-state index is 0.0127. The highest BCUT2D eigenvalue weighted by Crippen LogP contribution is 2.21. The molecule has 2 N–H and O–H groups in total. The molecule has 1 aromatic rings. The molecule has 0 saturated carbocycles. The van der Waals surface area contributed by atoms with E-state index in [-0.39, 0.29) is 11.7 Å². The smallest absolute Gasteiger partial charge is 0.320 e. The highest BCUT2D eigenvalue weighted by molar-refractivity contribution is 5.97. The predicted octanol–water partition coefficient (Wildman–Crippen LogP) is 0.932. The second-order valence-corrected chi connectivity index (χ2v) is 5.36. The van der Waals surface area contributed by atoms with E-state index in [1.165, 1.54) is 0 Å². The number of nitrogens with zero attached hydrogens (tertiary/aromatic N) is 2. The molecule has 6 nitrogen and oxygen atoms in total. The van der Waals surface area contributed by atoms with Crippen LogP contribution in [0.4, 0.5) is 0 Å². The van der Waals surface area contributed by atoms with Gasteiger partial charge in [-0.3, -0.25) is 14.5 Å². The first-order valence-electron chi connectivity index (χ1n) is 6.96. The zero-order chi connectivity index (χ0) is 15.6. The van der Waals surface area contributed by atoms with Crippen molar-refractivity contribution in [1.29, 1.82) is 0 Å². The first-order valence-corrected chi connectivity index (χ1v) is 6.96. The zero-order valence-corrected chi connectivity index (χ0v) is 12.2. The number of phenolic OH excluding ortho intramolecular Hbond substituents is 1. The molecule has 1 aliphatic heterocycles. The summed E-state index contributed by atoms with van der Waals surface area (Å²) in [5, 5.41) is 18.9. The van der Waals surface area contributed by atoms with Gasteiger partial charge in [0.2, 0.25) is 0 Å². The number of amides is 1. The Kier molecular flexibility index (Phi) is 4.47. The normalized spacial score (nSPS) is 17.5. The molecule has 114 valence electrons. The molecule has 1 heterocycles. The molecule has 1 aromatic carbocycles. The van der Waals surface area contributed by atoms with Crippen LogP contribution in [-0.4, -0.2) is 64.1 Å². The SMILES string of the molecule is Cc1ccc(C(=O)N2CCN(C(C)C(=O)O)CC2)c(O)c1. The molecule has 1 saturated heterocycles. The van der Waals surface area contributed by atoms with Crippen LogP contribution in [0.3, 0.4) is 0 Å². The molecule has 1 fully saturated rings. The minimum atomic E-state index is -0.856. The maximum atomic E-state index is 12.4. The molecule has 6 heteroatoms. The largest absolute Gasteiger partial charge is 0.507 e. The lowest BCUT2D eigenvalue weighted by Gasteiger charge is -2.36. The summed E-state index contributed by atoms with van der Waals surface area (Å²) in [6, 6.07) is 4.43. The quantitative estimate of drug-likeness (QED) is 0.866. The van der Waals surface area contributed by atoms with E-state index in [1.807, 2.05) is 11.8 Å². The van der Waals surface area contributed by atoms with Gasteiger partial charge in [0, 0.05) is 26.2 Å². The molecule has 1 atom stereocenters. The Balaban J connectivity index is 2.02. The van der Waals surface area contributed by atoms with Crippen LogP contribution in [0.5, 0.6) is 5.75 Å². The van der Waals surface area contributed by atoms with Crippen LogP contribution in [0.15, 0.2) is 18.2 Å². The number of carbonyl (C=O) groups is 2. The highest BCUT2D eigenvalue weighted by Gasteiger charge is 2.28. The van der Waals surface area contributed by atoms with Crippen molar-refractivity contribution < 1.29 is 19.8 Å². The number of piperazine rings is 1. The number of aliphatic carboxylic acids is 1. The topological polar surface area (TPSA) is 81.1 Å². The van der Waals surface area contributed by atoms with Gasteiger partial charge >= 0.3 is 5.97 Å². The van der Waals surface area contributed by atoms with Gasteiger partial charge in [-0.25, -0.2) is 0 Å². The third kappa shape index (κ3) is 3.33. The van der Waals surface area contributed by atoms with Gasteiger partial charge in [0.25, 0.3) is 5.91 Å². The number of carbonyl (C=O) groups excluding carboxylic acids is 1. The van der Waals surface area contributed by atoms with Crippen LogP contribution < -0.4 is 0 Å². The highest BCUT2D eigenvalue weighted by atomic mass is 16.4. The fourth-order valence-corrected chi connectivity index (χ4v) is 2.46. The first-order chi connectivity index (χ1) is 9.90. The van der Waals surface area contributed by atoms with Crippen LogP contribution >= 0.6 is 0 Å². The van der Waals surface area contributed by atoms with Crippen LogP contribution in [0.25, 0.3) is 0 Å². The number of aryl methyl sites for hydroxylation is 1. The fourth-order valence-electron chi connectivity index (χ4n) is 2.46. The fraction of sp³-hybridized carbons (Fsp3) is 0.467. The van der Waals surface area contributed by atoms with Gasteiger partial charge in [-0.1, -0.05) is 6.07 Å². The summed E-state index contributed by atoms with van der Waals surface area (Å²) in [6.45, 7) is 5.46. The monoisotopic (exact) mass is 292 g/mol. The van der Waals surface area contributed by atoms with Crippen molar-refractivity contribution in [3.8, 4) is 5.75 Å². The van der Waals surface area contributed by atoms with E-state index in [4.69, 9.17) is 5.11 Å². The van der Waals surface area contributed by atoms with Gasteiger partial charge in [-0.15, -0.1) is 0 Å². The number of benzene rings is 1. The van der Waals surface area contributed by atoms with Gasteiger partial charge in [-0.2, -0.15) is 0 Å². The molecule has 1 amide bonds. The van der Waals surface area contributed by atoms with Crippen molar-refractivity contribution in [2.45, 2.75) is 19.9 Å². The van der Waals surface area contributed by atoms with E-state index < -0.39 is 12.0 Å². The molecule has 0 aliphatic carbocycles. The van der Waals surface area contributed by atoms with Gasteiger partial charge in [0.1, 0.15) is 11.8 Å². The van der Waals surface area contributed by atoms with E-state index >= 15 is 0 Å². The zero-order valence-electron chi connectivity index (χ0n) is 12.2. The summed E-state index contributed by atoms with van der Waals surface area (Å²) in [5.74, 6) is -1.08. The van der Waals surface area contributed by atoms with Gasteiger partial charge < -0.3 is 15.1 Å². The average Bonchev–Trinajstić information content (AvgIpc) is 2.46.